The summed E-state index contributed by atoms with van der Waals surface area (Å²) in [5.74, 6) is 0.932. The van der Waals surface area contributed by atoms with Gasteiger partial charge >= 0.3 is 0 Å². The highest BCUT2D eigenvalue weighted by Gasteiger charge is 2.25. The zero-order valence-electron chi connectivity index (χ0n) is 14.9. The topological polar surface area (TPSA) is 45.3 Å². The minimum atomic E-state index is 0. The number of hydrogen-bond donors (Lipinski definition) is 3. The maximum Gasteiger partial charge on any atom is 0.123 e. The smallest absolute Gasteiger partial charge is 0.123 e. The summed E-state index contributed by atoms with van der Waals surface area (Å²) in [6.07, 6.45) is 2.38. The van der Waals surface area contributed by atoms with E-state index in [1.165, 1.54) is 24.0 Å². The summed E-state index contributed by atoms with van der Waals surface area (Å²) in [5, 5.41) is 10.6. The van der Waals surface area contributed by atoms with E-state index in [0.717, 1.165) is 24.5 Å². The number of ether oxygens (including phenoxy) is 1. The molecule has 1 saturated heterocycles. The largest absolute Gasteiger partial charge is 0.496 e. The molecule has 0 spiro atoms. The number of hydrogen-bond acceptors (Lipinski definition) is 4. The standard InChI is InChI=1S/C20H27N3O.ClH/c1-21-17-10-11-19(24-2)16(13-17)14-23-18-9-6-12-22-20(18)15-7-4-3-5-8-15;/h3-5,7-8,10-11,13,18,20-23H,6,9,12,14H2,1-2H3;1H. The Bertz CT molecular complexity index is 651. The maximum absolute atomic E-state index is 5.51. The van der Waals surface area contributed by atoms with Gasteiger partial charge in [-0.3, -0.25) is 0 Å². The Morgan fingerprint density at radius 3 is 2.68 bits per heavy atom. The highest BCUT2D eigenvalue weighted by molar-refractivity contribution is 5.85. The van der Waals surface area contributed by atoms with E-state index in [1.54, 1.807) is 7.11 Å². The Labute approximate surface area is 156 Å². The van der Waals surface area contributed by atoms with Crippen molar-refractivity contribution in [2.45, 2.75) is 31.5 Å². The molecule has 2 aromatic carbocycles. The number of piperidine rings is 1. The average Bonchev–Trinajstić information content (AvgIpc) is 2.67. The minimum absolute atomic E-state index is 0. The monoisotopic (exact) mass is 361 g/mol. The van der Waals surface area contributed by atoms with E-state index < -0.39 is 0 Å². The van der Waals surface area contributed by atoms with E-state index in [0.29, 0.717) is 12.1 Å². The van der Waals surface area contributed by atoms with Gasteiger partial charge in [0.25, 0.3) is 0 Å². The summed E-state index contributed by atoms with van der Waals surface area (Å²) < 4.78 is 5.51. The zero-order valence-corrected chi connectivity index (χ0v) is 15.7. The van der Waals surface area contributed by atoms with E-state index >= 15 is 0 Å². The number of methoxy groups -OCH3 is 1. The fourth-order valence-electron chi connectivity index (χ4n) is 3.43. The van der Waals surface area contributed by atoms with Gasteiger partial charge in [-0.05, 0) is 43.1 Å². The summed E-state index contributed by atoms with van der Waals surface area (Å²) in [6.45, 7) is 1.88. The van der Waals surface area contributed by atoms with Crippen LogP contribution in [0.4, 0.5) is 5.69 Å². The van der Waals surface area contributed by atoms with E-state index in [4.69, 9.17) is 4.74 Å². The Balaban J connectivity index is 0.00000225. The number of halogens is 1. The highest BCUT2D eigenvalue weighted by atomic mass is 35.5. The van der Waals surface area contributed by atoms with E-state index in [9.17, 15) is 0 Å². The highest BCUT2D eigenvalue weighted by Crippen LogP contribution is 2.26. The second-order valence-electron chi connectivity index (χ2n) is 6.25. The minimum Gasteiger partial charge on any atom is -0.496 e. The third-order valence-electron chi connectivity index (χ3n) is 4.74. The van der Waals surface area contributed by atoms with E-state index in [-0.39, 0.29) is 12.4 Å². The Morgan fingerprint density at radius 1 is 1.16 bits per heavy atom. The molecule has 2 unspecified atom stereocenters. The van der Waals surface area contributed by atoms with Crippen LogP contribution in [0.25, 0.3) is 0 Å². The second-order valence-corrected chi connectivity index (χ2v) is 6.25. The first-order valence-corrected chi connectivity index (χ1v) is 8.68. The molecule has 1 heterocycles. The van der Waals surface area contributed by atoms with Crippen LogP contribution in [0.5, 0.6) is 5.75 Å². The molecule has 0 amide bonds. The average molecular weight is 362 g/mol. The van der Waals surface area contributed by atoms with Gasteiger partial charge in [0.05, 0.1) is 7.11 Å². The van der Waals surface area contributed by atoms with E-state index in [1.807, 2.05) is 19.2 Å². The molecule has 1 aliphatic rings. The van der Waals surface area contributed by atoms with Crippen LogP contribution in [-0.2, 0) is 6.54 Å². The fourth-order valence-corrected chi connectivity index (χ4v) is 3.43. The summed E-state index contributed by atoms with van der Waals surface area (Å²) in [6, 6.07) is 17.7. The van der Waals surface area contributed by atoms with Crippen molar-refractivity contribution in [2.24, 2.45) is 0 Å². The predicted molar refractivity (Wildman–Crippen MR) is 107 cm³/mol. The molecular weight excluding hydrogens is 334 g/mol. The lowest BCUT2D eigenvalue weighted by molar-refractivity contribution is 0.303. The van der Waals surface area contributed by atoms with E-state index in [2.05, 4.69) is 52.3 Å². The van der Waals surface area contributed by atoms with Crippen molar-refractivity contribution in [3.63, 3.8) is 0 Å². The third kappa shape index (κ3) is 4.88. The van der Waals surface area contributed by atoms with Crippen molar-refractivity contribution in [1.29, 1.82) is 0 Å². The SMILES string of the molecule is CNc1ccc(OC)c(CNC2CCCNC2c2ccccc2)c1.Cl. The molecule has 0 aromatic heterocycles. The van der Waals surface area contributed by atoms with Crippen LogP contribution < -0.4 is 20.7 Å². The molecule has 0 bridgehead atoms. The zero-order chi connectivity index (χ0) is 16.8. The van der Waals surface area contributed by atoms with Gasteiger partial charge in [0, 0.05) is 36.9 Å². The lowest BCUT2D eigenvalue weighted by Crippen LogP contribution is -2.45. The first-order chi connectivity index (χ1) is 11.8. The quantitative estimate of drug-likeness (QED) is 0.733. The van der Waals surface area contributed by atoms with Crippen molar-refractivity contribution in [3.8, 4) is 5.75 Å². The first-order valence-electron chi connectivity index (χ1n) is 8.68. The van der Waals surface area contributed by atoms with Crippen LogP contribution in [0, 0.1) is 0 Å². The van der Waals surface area contributed by atoms with Crippen molar-refractivity contribution < 1.29 is 4.74 Å². The molecule has 4 nitrogen and oxygen atoms in total. The molecule has 0 saturated carbocycles. The van der Waals surface area contributed by atoms with Gasteiger partial charge in [0.2, 0.25) is 0 Å². The fraction of sp³-hybridized carbons (Fsp3) is 0.400. The van der Waals surface area contributed by atoms with Gasteiger partial charge in [-0.15, -0.1) is 12.4 Å². The van der Waals surface area contributed by atoms with Gasteiger partial charge in [0.15, 0.2) is 0 Å². The molecule has 2 aromatic rings. The van der Waals surface area contributed by atoms with Crippen LogP contribution in [-0.4, -0.2) is 26.7 Å². The lowest BCUT2D eigenvalue weighted by Gasteiger charge is -2.34. The Kier molecular flexibility index (Phi) is 7.56. The molecule has 0 radical (unpaired) electrons. The summed E-state index contributed by atoms with van der Waals surface area (Å²) >= 11 is 0. The van der Waals surface area contributed by atoms with Gasteiger partial charge in [-0.25, -0.2) is 0 Å². The van der Waals surface area contributed by atoms with Crippen molar-refractivity contribution in [2.75, 3.05) is 26.0 Å². The van der Waals surface area contributed by atoms with Crippen LogP contribution in [0.1, 0.15) is 30.0 Å². The van der Waals surface area contributed by atoms with Crippen molar-refractivity contribution in [3.05, 3.63) is 59.7 Å². The van der Waals surface area contributed by atoms with Crippen LogP contribution in [0.3, 0.4) is 0 Å². The molecule has 136 valence electrons. The number of nitrogens with one attached hydrogen (secondary N) is 3. The van der Waals surface area contributed by atoms with Crippen LogP contribution >= 0.6 is 12.4 Å². The van der Waals surface area contributed by atoms with Crippen molar-refractivity contribution in [1.82, 2.24) is 10.6 Å². The predicted octanol–water partition coefficient (Wildman–Crippen LogP) is 3.74. The molecule has 2 atom stereocenters. The molecule has 1 fully saturated rings. The van der Waals surface area contributed by atoms with Crippen LogP contribution in [0.15, 0.2) is 48.5 Å². The number of anilines is 1. The molecule has 0 aliphatic carbocycles. The molecule has 3 N–H and O–H groups in total. The van der Waals surface area contributed by atoms with Gasteiger partial charge < -0.3 is 20.7 Å². The molecule has 25 heavy (non-hydrogen) atoms. The van der Waals surface area contributed by atoms with Gasteiger partial charge in [0.1, 0.15) is 5.75 Å². The molecule has 3 rings (SSSR count). The number of benzene rings is 2. The molecular formula is C20H28ClN3O. The maximum atomic E-state index is 5.51. The summed E-state index contributed by atoms with van der Waals surface area (Å²) in [4.78, 5) is 0. The Morgan fingerprint density at radius 2 is 1.96 bits per heavy atom. The summed E-state index contributed by atoms with van der Waals surface area (Å²) in [7, 11) is 3.67. The van der Waals surface area contributed by atoms with Crippen molar-refractivity contribution >= 4 is 18.1 Å². The van der Waals surface area contributed by atoms with Gasteiger partial charge in [-0.1, -0.05) is 30.3 Å². The normalized spacial score (nSPS) is 19.8. The summed E-state index contributed by atoms with van der Waals surface area (Å²) in [5.41, 5.74) is 3.64. The first kappa shape index (κ1) is 19.6. The Hall–Kier alpha value is -1.75. The number of rotatable bonds is 6. The van der Waals surface area contributed by atoms with Crippen LogP contribution in [0.2, 0.25) is 0 Å². The lowest BCUT2D eigenvalue weighted by atomic mass is 9.92. The molecule has 5 heteroatoms. The second kappa shape index (κ2) is 9.66. The van der Waals surface area contributed by atoms with Gasteiger partial charge in [-0.2, -0.15) is 0 Å². The molecule has 1 aliphatic heterocycles. The third-order valence-corrected chi connectivity index (χ3v) is 4.74.